The third kappa shape index (κ3) is 4.41. The smallest absolute Gasteiger partial charge is 0.252 e. The van der Waals surface area contributed by atoms with Gasteiger partial charge in [0.15, 0.2) is 0 Å². The first-order valence-electron chi connectivity index (χ1n) is 9.62. The molecule has 0 radical (unpaired) electrons. The molecule has 3 aromatic heterocycles. The molecule has 9 heteroatoms. The molecule has 0 fully saturated rings. The van der Waals surface area contributed by atoms with Crippen molar-refractivity contribution in [1.82, 2.24) is 25.6 Å². The lowest BCUT2D eigenvalue weighted by molar-refractivity contribution is -0.116. The SMILES string of the molecule is CNC(=O)C1=CNCC(OCCCNc2ncnc3scc(-c4ccccn4)c23)=C1. The molecule has 3 aromatic rings. The van der Waals surface area contributed by atoms with Crippen LogP contribution in [0.4, 0.5) is 5.82 Å². The predicted molar refractivity (Wildman–Crippen MR) is 118 cm³/mol. The second-order valence-corrected chi connectivity index (χ2v) is 7.42. The van der Waals surface area contributed by atoms with Crippen molar-refractivity contribution in [2.75, 3.05) is 32.1 Å². The highest BCUT2D eigenvalue weighted by molar-refractivity contribution is 7.17. The molecule has 0 aromatic carbocycles. The summed E-state index contributed by atoms with van der Waals surface area (Å²) in [4.78, 5) is 25.9. The van der Waals surface area contributed by atoms with Gasteiger partial charge in [-0.1, -0.05) is 6.07 Å². The van der Waals surface area contributed by atoms with Crippen LogP contribution in [-0.4, -0.2) is 47.6 Å². The summed E-state index contributed by atoms with van der Waals surface area (Å²) in [5.74, 6) is 1.40. The maximum Gasteiger partial charge on any atom is 0.252 e. The maximum atomic E-state index is 11.7. The Morgan fingerprint density at radius 1 is 1.30 bits per heavy atom. The first-order valence-corrected chi connectivity index (χ1v) is 10.5. The number of pyridine rings is 1. The molecule has 1 aliphatic rings. The number of aromatic nitrogens is 3. The van der Waals surface area contributed by atoms with Crippen LogP contribution in [0.2, 0.25) is 0 Å². The molecule has 30 heavy (non-hydrogen) atoms. The Morgan fingerprint density at radius 2 is 2.23 bits per heavy atom. The quantitative estimate of drug-likeness (QED) is 0.480. The lowest BCUT2D eigenvalue weighted by Crippen LogP contribution is -2.25. The van der Waals surface area contributed by atoms with E-state index in [4.69, 9.17) is 4.74 Å². The van der Waals surface area contributed by atoms with Gasteiger partial charge in [0, 0.05) is 36.9 Å². The van der Waals surface area contributed by atoms with Crippen molar-refractivity contribution in [3.63, 3.8) is 0 Å². The molecule has 0 saturated heterocycles. The molecular weight excluding hydrogens is 400 g/mol. The highest BCUT2D eigenvalue weighted by Gasteiger charge is 2.14. The first kappa shape index (κ1) is 19.8. The number of thiophene rings is 1. The zero-order valence-electron chi connectivity index (χ0n) is 16.5. The van der Waals surface area contributed by atoms with E-state index in [-0.39, 0.29) is 5.91 Å². The normalized spacial score (nSPS) is 13.2. The van der Waals surface area contributed by atoms with Gasteiger partial charge < -0.3 is 20.7 Å². The second kappa shape index (κ2) is 9.36. The maximum absolute atomic E-state index is 11.7. The number of anilines is 1. The van der Waals surface area contributed by atoms with Crippen LogP contribution < -0.4 is 16.0 Å². The summed E-state index contributed by atoms with van der Waals surface area (Å²) in [6, 6.07) is 5.86. The van der Waals surface area contributed by atoms with Gasteiger partial charge in [-0.25, -0.2) is 9.97 Å². The predicted octanol–water partition coefficient (Wildman–Crippen LogP) is 2.69. The number of rotatable bonds is 8. The summed E-state index contributed by atoms with van der Waals surface area (Å²) in [5, 5.41) is 12.1. The highest BCUT2D eigenvalue weighted by atomic mass is 32.1. The second-order valence-electron chi connectivity index (χ2n) is 6.57. The van der Waals surface area contributed by atoms with Gasteiger partial charge in [-0.2, -0.15) is 0 Å². The summed E-state index contributed by atoms with van der Waals surface area (Å²) < 4.78 is 5.81. The van der Waals surface area contributed by atoms with Crippen LogP contribution >= 0.6 is 11.3 Å². The highest BCUT2D eigenvalue weighted by Crippen LogP contribution is 2.35. The fraction of sp³-hybridized carbons (Fsp3) is 0.238. The van der Waals surface area contributed by atoms with Gasteiger partial charge in [-0.3, -0.25) is 9.78 Å². The van der Waals surface area contributed by atoms with Crippen molar-refractivity contribution in [2.24, 2.45) is 0 Å². The van der Waals surface area contributed by atoms with Crippen molar-refractivity contribution in [2.45, 2.75) is 6.42 Å². The van der Waals surface area contributed by atoms with E-state index < -0.39 is 0 Å². The summed E-state index contributed by atoms with van der Waals surface area (Å²) in [6.45, 7) is 1.80. The molecule has 1 aliphatic heterocycles. The molecule has 3 N–H and O–H groups in total. The van der Waals surface area contributed by atoms with E-state index in [1.54, 1.807) is 43.2 Å². The van der Waals surface area contributed by atoms with Gasteiger partial charge in [0.25, 0.3) is 5.91 Å². The third-order valence-corrected chi connectivity index (χ3v) is 5.44. The molecule has 0 unspecified atom stereocenters. The standard InChI is InChI=1S/C21H22N6O2S/c1-22-20(28)14-9-15(11-23-10-14)29-8-4-7-25-19-18-16(17-5-2-3-6-24-17)12-30-21(18)27-13-26-19/h2-3,5-6,9-10,12-13,23H,4,7-8,11H2,1H3,(H,22,28)(H,25,26,27). The fourth-order valence-corrected chi connectivity index (χ4v) is 4.00. The monoisotopic (exact) mass is 422 g/mol. The van der Waals surface area contributed by atoms with Crippen LogP contribution in [0.1, 0.15) is 6.42 Å². The minimum absolute atomic E-state index is 0.141. The minimum atomic E-state index is -0.141. The zero-order valence-corrected chi connectivity index (χ0v) is 17.3. The molecule has 8 nitrogen and oxygen atoms in total. The Morgan fingerprint density at radius 3 is 3.07 bits per heavy atom. The molecule has 0 bridgehead atoms. The number of likely N-dealkylation sites (N-methyl/N-ethyl adjacent to an activating group) is 1. The van der Waals surface area contributed by atoms with Crippen molar-refractivity contribution in [1.29, 1.82) is 0 Å². The third-order valence-electron chi connectivity index (χ3n) is 4.55. The van der Waals surface area contributed by atoms with Crippen LogP contribution in [0.3, 0.4) is 0 Å². The molecule has 0 atom stereocenters. The Balaban J connectivity index is 1.36. The van der Waals surface area contributed by atoms with Gasteiger partial charge in [-0.05, 0) is 24.6 Å². The van der Waals surface area contributed by atoms with Gasteiger partial charge in [0.05, 0.1) is 29.8 Å². The number of carbonyl (C=O) groups is 1. The van der Waals surface area contributed by atoms with E-state index in [1.165, 1.54) is 0 Å². The van der Waals surface area contributed by atoms with E-state index in [2.05, 4.69) is 36.3 Å². The number of ether oxygens (including phenoxy) is 1. The van der Waals surface area contributed by atoms with E-state index >= 15 is 0 Å². The summed E-state index contributed by atoms with van der Waals surface area (Å²) in [5.41, 5.74) is 2.49. The number of fused-ring (bicyclic) bond motifs is 1. The lowest BCUT2D eigenvalue weighted by Gasteiger charge is -2.16. The molecule has 4 heterocycles. The van der Waals surface area contributed by atoms with Crippen LogP contribution in [-0.2, 0) is 9.53 Å². The first-order chi connectivity index (χ1) is 14.8. The Hall–Kier alpha value is -3.46. The minimum Gasteiger partial charge on any atom is -0.496 e. The van der Waals surface area contributed by atoms with Crippen LogP contribution in [0.15, 0.2) is 59.7 Å². The molecule has 0 spiro atoms. The molecular formula is C21H22N6O2S. The number of nitrogens with one attached hydrogen (secondary N) is 3. The summed E-state index contributed by atoms with van der Waals surface area (Å²) in [7, 11) is 1.61. The van der Waals surface area contributed by atoms with Gasteiger partial charge >= 0.3 is 0 Å². The van der Waals surface area contributed by atoms with Crippen molar-refractivity contribution in [3.05, 3.63) is 59.7 Å². The van der Waals surface area contributed by atoms with Gasteiger partial charge in [0.2, 0.25) is 0 Å². The fourth-order valence-electron chi connectivity index (χ4n) is 3.10. The van der Waals surface area contributed by atoms with Crippen molar-refractivity contribution >= 4 is 33.3 Å². The number of hydrogen-bond donors (Lipinski definition) is 3. The number of nitrogens with zero attached hydrogens (tertiary/aromatic N) is 3. The van der Waals surface area contributed by atoms with Gasteiger partial charge in [-0.15, -0.1) is 11.3 Å². The zero-order chi connectivity index (χ0) is 20.8. The molecule has 0 aliphatic carbocycles. The van der Waals surface area contributed by atoms with Crippen LogP contribution in [0.25, 0.3) is 21.5 Å². The van der Waals surface area contributed by atoms with E-state index in [0.29, 0.717) is 25.3 Å². The van der Waals surface area contributed by atoms with Crippen molar-refractivity contribution < 1.29 is 9.53 Å². The van der Waals surface area contributed by atoms with E-state index in [9.17, 15) is 4.79 Å². The average Bonchev–Trinajstić information content (AvgIpc) is 3.24. The van der Waals surface area contributed by atoms with E-state index in [0.717, 1.165) is 39.5 Å². The van der Waals surface area contributed by atoms with Crippen molar-refractivity contribution in [3.8, 4) is 11.3 Å². The number of dihydropyridines is 1. The number of carbonyl (C=O) groups excluding carboxylic acids is 1. The number of amides is 1. The summed E-state index contributed by atoms with van der Waals surface area (Å²) >= 11 is 1.58. The van der Waals surface area contributed by atoms with Gasteiger partial charge in [0.1, 0.15) is 22.7 Å². The Labute approximate surface area is 178 Å². The Kier molecular flexibility index (Phi) is 6.19. The number of hydrogen-bond acceptors (Lipinski definition) is 8. The molecule has 4 rings (SSSR count). The van der Waals surface area contributed by atoms with E-state index in [1.807, 2.05) is 18.2 Å². The molecule has 1 amide bonds. The largest absolute Gasteiger partial charge is 0.496 e. The van der Waals surface area contributed by atoms with Crippen LogP contribution in [0, 0.1) is 0 Å². The lowest BCUT2D eigenvalue weighted by atomic mass is 10.1. The summed E-state index contributed by atoms with van der Waals surface area (Å²) in [6.07, 6.45) is 7.59. The Bertz CT molecular complexity index is 1090. The average molecular weight is 423 g/mol. The topological polar surface area (TPSA) is 101 Å². The van der Waals surface area contributed by atoms with Crippen LogP contribution in [0.5, 0.6) is 0 Å². The molecule has 0 saturated carbocycles. The molecule has 154 valence electrons.